The SMILES string of the molecule is CN(C)C1(c2ccccc2)CCC2(CC1)CC(=O)N(CCCCC(=O)OC(C)(C)C)C2.CN(C)C1(c2ccccc2)CCC2(CC1)CC(=O)N(CCCCS(=O)(=O)c1ccccn1)C2.CN(C)C1(c2ccccc2)CCC2(CC1)CC(=O)N(CCCN)C2. The van der Waals surface area contributed by atoms with Crippen molar-refractivity contribution in [2.45, 2.75) is 183 Å². The van der Waals surface area contributed by atoms with E-state index in [0.717, 1.165) is 135 Å². The average molecular weight is 1230 g/mol. The van der Waals surface area contributed by atoms with Gasteiger partial charge in [-0.15, -0.1) is 0 Å². The Balaban J connectivity index is 0.000000173. The van der Waals surface area contributed by atoms with Gasteiger partial charge in [0, 0.05) is 87.8 Å². The smallest absolute Gasteiger partial charge is 0.306 e. The Morgan fingerprint density at radius 3 is 1.16 bits per heavy atom. The van der Waals surface area contributed by atoms with Gasteiger partial charge in [0.25, 0.3) is 0 Å². The van der Waals surface area contributed by atoms with Crippen LogP contribution >= 0.6 is 0 Å². The van der Waals surface area contributed by atoms with Crippen molar-refractivity contribution in [3.63, 3.8) is 0 Å². The second-order valence-electron chi connectivity index (χ2n) is 28.7. The summed E-state index contributed by atoms with van der Waals surface area (Å²) in [5.74, 6) is 0.763. The van der Waals surface area contributed by atoms with Gasteiger partial charge in [0.05, 0.1) is 5.75 Å². The lowest BCUT2D eigenvalue weighted by Gasteiger charge is -2.48. The first-order chi connectivity index (χ1) is 41.8. The summed E-state index contributed by atoms with van der Waals surface area (Å²) in [6.07, 6.45) is 20.7. The van der Waals surface area contributed by atoms with Crippen molar-refractivity contribution in [1.29, 1.82) is 0 Å². The molecule has 6 aliphatic rings. The molecule has 6 fully saturated rings. The number of nitrogens with two attached hydrogens (primary N) is 1. The van der Waals surface area contributed by atoms with E-state index in [1.54, 1.807) is 12.1 Å². The third-order valence-electron chi connectivity index (χ3n) is 21.3. The molecule has 3 spiro atoms. The molecule has 3 amide bonds. The van der Waals surface area contributed by atoms with E-state index < -0.39 is 15.4 Å². The van der Waals surface area contributed by atoms with Crippen LogP contribution in [0.2, 0.25) is 0 Å². The number of unbranched alkanes of at least 4 members (excludes halogenated alkanes) is 2. The molecule has 3 saturated heterocycles. The average Bonchev–Trinajstić information content (AvgIpc) is 1.56. The molecule has 16 heteroatoms. The Kier molecular flexibility index (Phi) is 22.7. The summed E-state index contributed by atoms with van der Waals surface area (Å²) in [6, 6.07) is 37.4. The van der Waals surface area contributed by atoms with Gasteiger partial charge in [-0.05, 0) is 224 Å². The molecule has 1 aromatic heterocycles. The van der Waals surface area contributed by atoms with Gasteiger partial charge in [0.1, 0.15) is 5.60 Å². The van der Waals surface area contributed by atoms with Crippen molar-refractivity contribution in [2.75, 3.05) is 93.9 Å². The van der Waals surface area contributed by atoms with Crippen LogP contribution in [0.25, 0.3) is 0 Å². The highest BCUT2D eigenvalue weighted by Gasteiger charge is 2.53. The minimum atomic E-state index is -3.36. The van der Waals surface area contributed by atoms with Crippen LogP contribution in [0, 0.1) is 16.2 Å². The normalized spacial score (nSPS) is 27.4. The highest BCUT2D eigenvalue weighted by Crippen LogP contribution is 2.55. The Morgan fingerprint density at radius 2 is 0.841 bits per heavy atom. The highest BCUT2D eigenvalue weighted by molar-refractivity contribution is 7.91. The number of benzene rings is 3. The Bertz CT molecular complexity index is 3000. The Hall–Kier alpha value is -5.52. The number of likely N-dealkylation sites (tertiary alicyclic amines) is 3. The number of sulfone groups is 1. The number of pyridine rings is 1. The predicted molar refractivity (Wildman–Crippen MR) is 351 cm³/mol. The largest absolute Gasteiger partial charge is 0.460 e. The van der Waals surface area contributed by atoms with Crippen LogP contribution in [0.4, 0.5) is 0 Å². The number of carbonyl (C=O) groups excluding carboxylic acids is 4. The molecule has 0 atom stereocenters. The zero-order valence-electron chi connectivity index (χ0n) is 54.9. The molecule has 0 unspecified atom stereocenters. The van der Waals surface area contributed by atoms with Crippen molar-refractivity contribution >= 4 is 33.5 Å². The molecule has 3 aliphatic heterocycles. The number of nitrogens with zero attached hydrogens (tertiary/aromatic N) is 7. The monoisotopic (exact) mass is 1230 g/mol. The van der Waals surface area contributed by atoms with E-state index in [4.69, 9.17) is 10.5 Å². The zero-order chi connectivity index (χ0) is 63.4. The number of carbonyl (C=O) groups is 4. The number of hydrogen-bond donors (Lipinski definition) is 1. The molecule has 10 rings (SSSR count). The van der Waals surface area contributed by atoms with Gasteiger partial charge in [0.2, 0.25) is 17.7 Å². The van der Waals surface area contributed by atoms with Crippen LogP contribution in [-0.2, 0) is 50.4 Å². The van der Waals surface area contributed by atoms with Crippen LogP contribution in [0.1, 0.15) is 172 Å². The summed E-state index contributed by atoms with van der Waals surface area (Å²) in [5.41, 5.74) is 9.92. The molecule has 3 aliphatic carbocycles. The Labute approximate surface area is 528 Å². The molecule has 0 radical (unpaired) electrons. The van der Waals surface area contributed by atoms with E-state index in [1.165, 1.54) is 29.0 Å². The Morgan fingerprint density at radius 1 is 0.500 bits per heavy atom. The van der Waals surface area contributed by atoms with E-state index in [1.807, 2.05) is 30.6 Å². The minimum Gasteiger partial charge on any atom is -0.460 e. The van der Waals surface area contributed by atoms with Crippen molar-refractivity contribution in [3.05, 3.63) is 132 Å². The summed E-state index contributed by atoms with van der Waals surface area (Å²) in [7, 11) is 9.71. The first-order valence-electron chi connectivity index (χ1n) is 32.9. The first kappa shape index (κ1) is 68.4. The van der Waals surface area contributed by atoms with Crippen molar-refractivity contribution in [1.82, 2.24) is 34.4 Å². The van der Waals surface area contributed by atoms with Crippen molar-refractivity contribution < 1.29 is 32.3 Å². The van der Waals surface area contributed by atoms with Crippen molar-refractivity contribution in [3.8, 4) is 0 Å². The van der Waals surface area contributed by atoms with E-state index in [2.05, 4.69) is 158 Å². The molecular formula is C72H106N8O7S. The number of esters is 1. The quantitative estimate of drug-likeness (QED) is 0.0657. The molecule has 482 valence electrons. The van der Waals surface area contributed by atoms with Gasteiger partial charge in [-0.2, -0.15) is 0 Å². The van der Waals surface area contributed by atoms with Gasteiger partial charge in [0.15, 0.2) is 14.9 Å². The summed E-state index contributed by atoms with van der Waals surface area (Å²) in [6.45, 7) is 11.2. The molecule has 4 heterocycles. The fourth-order valence-electron chi connectivity index (χ4n) is 15.8. The predicted octanol–water partition coefficient (Wildman–Crippen LogP) is 11.2. The van der Waals surface area contributed by atoms with Gasteiger partial charge in [-0.25, -0.2) is 13.4 Å². The molecule has 3 aromatic carbocycles. The van der Waals surface area contributed by atoms with Crippen LogP contribution in [0.15, 0.2) is 120 Å². The van der Waals surface area contributed by atoms with Gasteiger partial charge >= 0.3 is 5.97 Å². The summed E-state index contributed by atoms with van der Waals surface area (Å²) in [5, 5.41) is 0.131. The second kappa shape index (κ2) is 29.2. The van der Waals surface area contributed by atoms with Gasteiger partial charge in [-0.1, -0.05) is 97.1 Å². The standard InChI is InChI=1S/C26H35N3O3S.C26H40N2O3.C20H31N3O/c1-28(2)26(22-10-4-3-5-11-22)15-13-25(14-16-26)20-24(30)29(21-25)18-8-9-19-33(31,32)23-12-6-7-17-27-23;1-24(2,3)31-23(30)13-9-10-18-28-20-25(19-22(28)29)14-16-26(17-15-25,27(4)5)21-11-7-6-8-12-21;1-22(2)20(17-7-4-3-5-8-17)11-9-19(10-12-20)15-18(24)23(16-19)14-6-13-21/h3-7,10-12,17H,8-9,13-16,18-21H2,1-2H3;6-8,11-12H,9-10,13-20H2,1-5H3;3-5,7-8H,6,9-16,21H2,1-2H3. The maximum atomic E-state index is 12.8. The molecule has 3 saturated carbocycles. The van der Waals surface area contributed by atoms with Crippen LogP contribution in [0.5, 0.6) is 0 Å². The molecule has 88 heavy (non-hydrogen) atoms. The van der Waals surface area contributed by atoms with E-state index in [9.17, 15) is 27.6 Å². The summed E-state index contributed by atoms with van der Waals surface area (Å²) < 4.78 is 30.2. The van der Waals surface area contributed by atoms with E-state index >= 15 is 0 Å². The molecule has 4 aromatic rings. The zero-order valence-corrected chi connectivity index (χ0v) is 55.8. The van der Waals surface area contributed by atoms with Gasteiger partial charge < -0.3 is 25.2 Å². The number of rotatable bonds is 20. The highest BCUT2D eigenvalue weighted by atomic mass is 32.2. The van der Waals surface area contributed by atoms with Crippen LogP contribution in [0.3, 0.4) is 0 Å². The van der Waals surface area contributed by atoms with Crippen LogP contribution in [-0.4, -0.2) is 166 Å². The topological polar surface area (TPSA) is 170 Å². The number of hydrogen-bond acceptors (Lipinski definition) is 12. The van der Waals surface area contributed by atoms with Gasteiger partial charge in [-0.3, -0.25) is 33.9 Å². The fourth-order valence-corrected chi connectivity index (χ4v) is 17.1. The summed E-state index contributed by atoms with van der Waals surface area (Å²) >= 11 is 0. The van der Waals surface area contributed by atoms with E-state index in [0.29, 0.717) is 51.1 Å². The van der Waals surface area contributed by atoms with Crippen LogP contribution < -0.4 is 5.73 Å². The fraction of sp³-hybridized carbons (Fsp3) is 0.625. The lowest BCUT2D eigenvalue weighted by molar-refractivity contribution is -0.155. The lowest BCUT2D eigenvalue weighted by Crippen LogP contribution is -2.47. The summed E-state index contributed by atoms with van der Waals surface area (Å²) in [4.78, 5) is 67.0. The number of aromatic nitrogens is 1. The third kappa shape index (κ3) is 16.3. The number of amides is 3. The molecule has 2 N–H and O–H groups in total. The molecule has 0 bridgehead atoms. The van der Waals surface area contributed by atoms with Crippen molar-refractivity contribution in [2.24, 2.45) is 22.0 Å². The third-order valence-corrected chi connectivity index (χ3v) is 23.0. The minimum absolute atomic E-state index is 0.0306. The maximum Gasteiger partial charge on any atom is 0.306 e. The van der Waals surface area contributed by atoms with E-state index in [-0.39, 0.29) is 61.4 Å². The maximum absolute atomic E-state index is 12.8. The molecular weight excluding hydrogens is 1120 g/mol. The number of ether oxygens (including phenoxy) is 1. The second-order valence-corrected chi connectivity index (χ2v) is 30.8. The molecule has 15 nitrogen and oxygen atoms in total. The lowest BCUT2D eigenvalue weighted by atomic mass is 9.64. The first-order valence-corrected chi connectivity index (χ1v) is 34.6.